The van der Waals surface area contributed by atoms with Crippen molar-refractivity contribution < 1.29 is 37.4 Å². The second-order valence-corrected chi connectivity index (χ2v) is 19.0. The third-order valence-corrected chi connectivity index (χ3v) is 14.0. The molecule has 4 saturated heterocycles. The molecule has 0 bridgehead atoms. The average Bonchev–Trinajstić information content (AvgIpc) is 3.56. The predicted molar refractivity (Wildman–Crippen MR) is 251 cm³/mol. The number of hydrogen-bond acceptors (Lipinski definition) is 12. The molecule has 2 amide bonds. The number of imidazole rings is 1. The molecule has 16 nitrogen and oxygen atoms in total. The average molecular weight is 971 g/mol. The molecule has 1 unspecified atom stereocenters. The summed E-state index contributed by atoms with van der Waals surface area (Å²) in [6.07, 6.45) is -0.352. The number of carboxylic acids is 1. The fourth-order valence-electron chi connectivity index (χ4n) is 9.73. The molecule has 69 heavy (non-hydrogen) atoms. The number of rotatable bonds is 11. The van der Waals surface area contributed by atoms with E-state index in [1.807, 2.05) is 42.6 Å². The number of aryl methyl sites for hydroxylation is 1. The molecule has 364 valence electrons. The number of aliphatic carboxylic acids is 1. The van der Waals surface area contributed by atoms with Gasteiger partial charge in [-0.3, -0.25) is 38.7 Å². The summed E-state index contributed by atoms with van der Waals surface area (Å²) in [4.78, 5) is 65.9. The van der Waals surface area contributed by atoms with Crippen molar-refractivity contribution in [2.75, 3.05) is 57.3 Å². The van der Waals surface area contributed by atoms with Crippen LogP contribution >= 0.6 is 11.6 Å². The van der Waals surface area contributed by atoms with Crippen LogP contribution in [0.1, 0.15) is 73.5 Å². The fourth-order valence-corrected chi connectivity index (χ4v) is 9.96. The molecule has 6 heterocycles. The number of anilines is 1. The molecule has 2 aromatic heterocycles. The summed E-state index contributed by atoms with van der Waals surface area (Å²) in [5, 5.41) is 19.5. The number of carbonyl (C=O) groups excluding carboxylic acids is 2. The summed E-state index contributed by atoms with van der Waals surface area (Å²) in [6.45, 7) is 13.5. The number of piperazine rings is 1. The van der Waals surface area contributed by atoms with Crippen LogP contribution in [0.25, 0.3) is 11.0 Å². The zero-order chi connectivity index (χ0) is 49.2. The Kier molecular flexibility index (Phi) is 14.5. The largest absolute Gasteiger partial charge is 0.490 e. The fraction of sp³-hybridized carbons (Fsp3) is 0.449. The van der Waals surface area contributed by atoms with E-state index in [9.17, 15) is 32.8 Å². The van der Waals surface area contributed by atoms with Gasteiger partial charge in [-0.1, -0.05) is 43.6 Å². The number of nitriles is 1. The Balaban J connectivity index is 0.000000853. The number of likely N-dealkylation sites (tertiary alicyclic amines) is 2. The Morgan fingerprint density at radius 1 is 0.884 bits per heavy atom. The SMILES string of the molecule is Cn1c(=O)n(C2CCC(=O)NC2=O)c2ccc(CN3CC(N4CCC(N5CCN(c6nccc(COc7ccc(C(C)(C)c8cc(Cl)cc(C#N)c8)cc7)n6)CC5)CC4)C3)cc21.O=C(O)C(F)(F)F. The first-order valence-electron chi connectivity index (χ1n) is 22.9. The lowest BCUT2D eigenvalue weighted by molar-refractivity contribution is -0.192. The standard InChI is InChI=1S/C47H53ClN10O4.C2HF3O2/c1-47(2,34-22-32(26-49)23-35(48)25-34)33-5-7-39(8-6-33)62-30-36-12-15-50-45(51-36)57-20-18-56(19-21-57)37-13-16-55(17-14-37)38-28-54(29-38)27-31-4-9-40-42(24-31)53(3)46(61)58(40)41-10-11-43(59)52-44(41)60;3-2(4,5)1(6)7/h4-9,12,15,22-25,37-38,41H,10-11,13-14,16-21,27-30H2,1-3H3,(H,52,59,60);(H,6,7). The summed E-state index contributed by atoms with van der Waals surface area (Å²) < 4.78 is 41.0. The van der Waals surface area contributed by atoms with Crippen molar-refractivity contribution in [1.29, 1.82) is 5.26 Å². The topological polar surface area (TPSA) is 182 Å². The smallest absolute Gasteiger partial charge is 0.487 e. The van der Waals surface area contributed by atoms with E-state index in [0.29, 0.717) is 35.7 Å². The molecule has 0 radical (unpaired) electrons. The van der Waals surface area contributed by atoms with E-state index in [4.69, 9.17) is 31.2 Å². The number of nitrogens with one attached hydrogen (secondary N) is 1. The van der Waals surface area contributed by atoms with E-state index in [1.54, 1.807) is 17.7 Å². The molecule has 4 aliphatic heterocycles. The first kappa shape index (κ1) is 49.1. The molecule has 2 N–H and O–H groups in total. The Hall–Kier alpha value is -6.33. The third-order valence-electron chi connectivity index (χ3n) is 13.8. The summed E-state index contributed by atoms with van der Waals surface area (Å²) in [5.41, 5.74) is 5.54. The van der Waals surface area contributed by atoms with E-state index in [0.717, 1.165) is 104 Å². The van der Waals surface area contributed by atoms with Crippen molar-refractivity contribution in [3.63, 3.8) is 0 Å². The monoisotopic (exact) mass is 970 g/mol. The van der Waals surface area contributed by atoms with Gasteiger partial charge in [0.25, 0.3) is 0 Å². The van der Waals surface area contributed by atoms with Crippen LogP contribution < -0.4 is 20.6 Å². The number of nitrogens with zero attached hydrogens (tertiary/aromatic N) is 9. The lowest BCUT2D eigenvalue weighted by Gasteiger charge is -2.49. The van der Waals surface area contributed by atoms with Crippen molar-refractivity contribution in [2.24, 2.45) is 7.05 Å². The highest BCUT2D eigenvalue weighted by Gasteiger charge is 2.39. The zero-order valence-electron chi connectivity index (χ0n) is 38.6. The van der Waals surface area contributed by atoms with Crippen LogP contribution in [0.15, 0.2) is 77.7 Å². The van der Waals surface area contributed by atoms with Gasteiger partial charge in [-0.2, -0.15) is 18.4 Å². The number of hydrogen-bond donors (Lipinski definition) is 2. The van der Waals surface area contributed by atoms with Gasteiger partial charge in [0.2, 0.25) is 17.8 Å². The number of fused-ring (bicyclic) bond motifs is 1. The minimum atomic E-state index is -5.08. The number of imide groups is 1. The van der Waals surface area contributed by atoms with Crippen molar-refractivity contribution in [1.82, 2.24) is 39.1 Å². The number of carboxylic acid groups (broad SMARTS) is 1. The van der Waals surface area contributed by atoms with Gasteiger partial charge < -0.3 is 14.7 Å². The Labute approximate surface area is 401 Å². The molecule has 0 aliphatic carbocycles. The number of alkyl halides is 3. The lowest BCUT2D eigenvalue weighted by atomic mass is 9.78. The van der Waals surface area contributed by atoms with Crippen LogP contribution in [0, 0.1) is 11.3 Å². The summed E-state index contributed by atoms with van der Waals surface area (Å²) in [7, 11) is 1.74. The molecule has 3 aromatic carbocycles. The van der Waals surface area contributed by atoms with Gasteiger partial charge in [0, 0.05) is 101 Å². The molecule has 20 heteroatoms. The number of halogens is 4. The van der Waals surface area contributed by atoms with Crippen molar-refractivity contribution in [2.45, 2.75) is 82.4 Å². The molecule has 0 spiro atoms. The van der Waals surface area contributed by atoms with Gasteiger partial charge >= 0.3 is 17.8 Å². The maximum Gasteiger partial charge on any atom is 0.490 e. The van der Waals surface area contributed by atoms with Gasteiger partial charge in [-0.25, -0.2) is 19.6 Å². The number of carbonyl (C=O) groups is 3. The number of benzene rings is 3. The maximum absolute atomic E-state index is 13.2. The first-order chi connectivity index (χ1) is 32.9. The molecular weight excluding hydrogens is 917 g/mol. The molecule has 1 atom stereocenters. The molecule has 4 aliphatic rings. The van der Waals surface area contributed by atoms with E-state index in [-0.39, 0.29) is 23.4 Å². The first-order valence-corrected chi connectivity index (χ1v) is 23.3. The minimum absolute atomic E-state index is 0.228. The van der Waals surface area contributed by atoms with Crippen molar-refractivity contribution in [3.8, 4) is 11.8 Å². The second kappa shape index (κ2) is 20.3. The Bertz CT molecular complexity index is 2810. The van der Waals surface area contributed by atoms with Gasteiger partial charge in [0.05, 0.1) is 28.4 Å². The number of aromatic nitrogens is 4. The van der Waals surface area contributed by atoms with Crippen LogP contribution in [0.5, 0.6) is 5.75 Å². The van der Waals surface area contributed by atoms with Crippen LogP contribution in [-0.4, -0.2) is 127 Å². The molecule has 5 aromatic rings. The van der Waals surface area contributed by atoms with E-state index in [2.05, 4.69) is 74.1 Å². The van der Waals surface area contributed by atoms with Gasteiger partial charge in [0.15, 0.2) is 0 Å². The summed E-state index contributed by atoms with van der Waals surface area (Å²) >= 11 is 6.31. The van der Waals surface area contributed by atoms with E-state index < -0.39 is 24.1 Å². The van der Waals surface area contributed by atoms with E-state index >= 15 is 0 Å². The second-order valence-electron chi connectivity index (χ2n) is 18.6. The highest BCUT2D eigenvalue weighted by Crippen LogP contribution is 2.35. The van der Waals surface area contributed by atoms with Crippen LogP contribution in [-0.2, 0) is 40.0 Å². The quantitative estimate of drug-likeness (QED) is 0.155. The maximum atomic E-state index is 13.2. The number of piperidine rings is 2. The van der Waals surface area contributed by atoms with Crippen LogP contribution in [0.4, 0.5) is 19.1 Å². The highest BCUT2D eigenvalue weighted by molar-refractivity contribution is 6.30. The molecule has 9 rings (SSSR count). The lowest BCUT2D eigenvalue weighted by Crippen LogP contribution is -2.61. The molecule has 4 fully saturated rings. The molecule has 0 saturated carbocycles. The molecular formula is C49H54ClF3N10O6. The Morgan fingerprint density at radius 2 is 1.57 bits per heavy atom. The van der Waals surface area contributed by atoms with Crippen molar-refractivity contribution >= 4 is 46.4 Å². The number of ether oxygens (including phenoxy) is 1. The predicted octanol–water partition coefficient (Wildman–Crippen LogP) is 5.64. The summed E-state index contributed by atoms with van der Waals surface area (Å²) in [6, 6.07) is 24.2. The highest BCUT2D eigenvalue weighted by atomic mass is 35.5. The van der Waals surface area contributed by atoms with Crippen LogP contribution in [0.3, 0.4) is 0 Å². The van der Waals surface area contributed by atoms with Gasteiger partial charge in [0.1, 0.15) is 18.4 Å². The van der Waals surface area contributed by atoms with Gasteiger partial charge in [-0.15, -0.1) is 0 Å². The zero-order valence-corrected chi connectivity index (χ0v) is 39.3. The summed E-state index contributed by atoms with van der Waals surface area (Å²) in [5.74, 6) is -1.95. The Morgan fingerprint density at radius 3 is 2.22 bits per heavy atom. The minimum Gasteiger partial charge on any atom is -0.487 e. The van der Waals surface area contributed by atoms with Crippen LogP contribution in [0.2, 0.25) is 5.02 Å². The van der Waals surface area contributed by atoms with Crippen molar-refractivity contribution in [3.05, 3.63) is 116 Å². The number of amides is 2. The normalized spacial score (nSPS) is 19.1. The van der Waals surface area contributed by atoms with E-state index in [1.165, 1.54) is 17.4 Å². The third kappa shape index (κ3) is 11.1. The van der Waals surface area contributed by atoms with Gasteiger partial charge in [-0.05, 0) is 84.5 Å².